The highest BCUT2D eigenvalue weighted by Crippen LogP contribution is 1.95. The molecule has 2 atom stereocenters. The van der Waals surface area contributed by atoms with E-state index in [1.54, 1.807) is 0 Å². The molecule has 0 aliphatic rings. The monoisotopic (exact) mass is 172 g/mol. The molecule has 0 fully saturated rings. The zero-order valence-corrected chi connectivity index (χ0v) is 6.15. The molecule has 0 bridgehead atoms. The molecule has 0 radical (unpaired) electrons. The third-order valence-corrected chi connectivity index (χ3v) is 1.11. The van der Waals surface area contributed by atoms with Crippen molar-refractivity contribution in [3.63, 3.8) is 0 Å². The van der Waals surface area contributed by atoms with Crippen molar-refractivity contribution in [1.29, 1.82) is 0 Å². The Morgan fingerprint density at radius 2 is 1.33 bits per heavy atom. The molecule has 8 heteroatoms. The van der Waals surface area contributed by atoms with Gasteiger partial charge < -0.3 is 10.2 Å². The topological polar surface area (TPSA) is 138 Å². The van der Waals surface area contributed by atoms with E-state index in [2.05, 4.69) is 20.1 Å². The zero-order valence-electron chi connectivity index (χ0n) is 6.15. The van der Waals surface area contributed by atoms with E-state index >= 15 is 0 Å². The molecule has 0 aliphatic carbocycles. The van der Waals surface area contributed by atoms with Gasteiger partial charge in [-0.1, -0.05) is 10.2 Å². The first-order valence-electron chi connectivity index (χ1n) is 3.10. The standard InChI is InChI=1S/C4H8N6O2/c5-9-7-1-3(11)4(12)2-8-10-6/h3-4,11-12H,1-2H2/t3-,4+. The molecule has 12 heavy (non-hydrogen) atoms. The Balaban J connectivity index is 3.82. The lowest BCUT2D eigenvalue weighted by Gasteiger charge is -2.12. The molecule has 2 N–H and O–H groups in total. The molecular weight excluding hydrogens is 164 g/mol. The fourth-order valence-corrected chi connectivity index (χ4v) is 0.484. The van der Waals surface area contributed by atoms with Gasteiger partial charge in [0.25, 0.3) is 0 Å². The van der Waals surface area contributed by atoms with Crippen molar-refractivity contribution in [2.75, 3.05) is 13.1 Å². The highest BCUT2D eigenvalue weighted by molar-refractivity contribution is 4.71. The summed E-state index contributed by atoms with van der Waals surface area (Å²) in [6.07, 6.45) is -2.38. The first kappa shape index (κ1) is 10.5. The van der Waals surface area contributed by atoms with Gasteiger partial charge in [0.2, 0.25) is 0 Å². The Hall–Kier alpha value is -1.46. The predicted molar refractivity (Wildman–Crippen MR) is 40.0 cm³/mol. The minimum atomic E-state index is -1.19. The molecule has 66 valence electrons. The quantitative estimate of drug-likeness (QED) is 0.350. The minimum absolute atomic E-state index is 0.237. The third kappa shape index (κ3) is 4.37. The molecule has 0 aliphatic heterocycles. The number of aliphatic hydroxyl groups excluding tert-OH is 2. The maximum Gasteiger partial charge on any atom is 0.0856 e. The van der Waals surface area contributed by atoms with Crippen molar-refractivity contribution in [2.45, 2.75) is 12.2 Å². The molecular formula is C4H8N6O2. The fourth-order valence-electron chi connectivity index (χ4n) is 0.484. The number of rotatable bonds is 5. The highest BCUT2D eigenvalue weighted by atomic mass is 16.3. The van der Waals surface area contributed by atoms with E-state index in [0.717, 1.165) is 0 Å². The number of hydrogen-bond acceptors (Lipinski definition) is 4. The first-order chi connectivity index (χ1) is 5.72. The Morgan fingerprint density at radius 3 is 1.58 bits per heavy atom. The molecule has 0 spiro atoms. The van der Waals surface area contributed by atoms with E-state index in [0.29, 0.717) is 0 Å². The summed E-state index contributed by atoms with van der Waals surface area (Å²) in [6.45, 7) is -0.475. The van der Waals surface area contributed by atoms with E-state index in [1.807, 2.05) is 0 Å². The Bertz CT molecular complexity index is 194. The molecule has 8 nitrogen and oxygen atoms in total. The average Bonchev–Trinajstić information content (AvgIpc) is 2.10. The number of aliphatic hydroxyl groups is 2. The summed E-state index contributed by atoms with van der Waals surface area (Å²) in [7, 11) is 0. The maximum atomic E-state index is 8.98. The van der Waals surface area contributed by atoms with E-state index in [9.17, 15) is 0 Å². The van der Waals surface area contributed by atoms with Crippen molar-refractivity contribution in [3.8, 4) is 0 Å². The van der Waals surface area contributed by atoms with Crippen molar-refractivity contribution < 1.29 is 10.2 Å². The van der Waals surface area contributed by atoms with Gasteiger partial charge in [-0.25, -0.2) is 0 Å². The van der Waals surface area contributed by atoms with Crippen molar-refractivity contribution in [1.82, 2.24) is 0 Å². The molecule has 0 amide bonds. The zero-order chi connectivity index (χ0) is 9.40. The lowest BCUT2D eigenvalue weighted by Crippen LogP contribution is -2.30. The lowest BCUT2D eigenvalue weighted by atomic mass is 10.2. The Morgan fingerprint density at radius 1 is 1.00 bits per heavy atom. The van der Waals surface area contributed by atoms with Gasteiger partial charge in [0.15, 0.2) is 0 Å². The molecule has 0 aromatic rings. The van der Waals surface area contributed by atoms with Gasteiger partial charge in [0.1, 0.15) is 0 Å². The summed E-state index contributed by atoms with van der Waals surface area (Å²) in [4.78, 5) is 4.78. The highest BCUT2D eigenvalue weighted by Gasteiger charge is 2.13. The summed E-state index contributed by atoms with van der Waals surface area (Å²) < 4.78 is 0. The second-order valence-corrected chi connectivity index (χ2v) is 1.96. The largest absolute Gasteiger partial charge is 0.390 e. The van der Waals surface area contributed by atoms with Gasteiger partial charge in [-0.3, -0.25) is 0 Å². The van der Waals surface area contributed by atoms with Crippen molar-refractivity contribution in [3.05, 3.63) is 20.9 Å². The SMILES string of the molecule is [N-]=[N+]=NC[C@@H](O)[C@@H](O)CN=[N+]=[N-]. The van der Waals surface area contributed by atoms with Crippen LogP contribution < -0.4 is 0 Å². The Labute approximate surface area is 67.7 Å². The predicted octanol–water partition coefficient (Wildman–Crippen LogP) is 0.329. The molecule has 0 saturated carbocycles. The van der Waals surface area contributed by atoms with E-state index in [4.69, 9.17) is 21.3 Å². The van der Waals surface area contributed by atoms with E-state index in [-0.39, 0.29) is 13.1 Å². The number of hydrogen-bond donors (Lipinski definition) is 2. The van der Waals surface area contributed by atoms with Gasteiger partial charge in [0, 0.05) is 9.82 Å². The molecule has 0 aromatic heterocycles. The maximum absolute atomic E-state index is 8.98. The van der Waals surface area contributed by atoms with Gasteiger partial charge in [0.05, 0.1) is 25.3 Å². The second-order valence-electron chi connectivity index (χ2n) is 1.96. The van der Waals surface area contributed by atoms with Crippen LogP contribution in [0.5, 0.6) is 0 Å². The Kier molecular flexibility index (Phi) is 5.50. The van der Waals surface area contributed by atoms with Crippen LogP contribution in [0.4, 0.5) is 0 Å². The summed E-state index contributed by atoms with van der Waals surface area (Å²) >= 11 is 0. The smallest absolute Gasteiger partial charge is 0.0856 e. The van der Waals surface area contributed by atoms with Crippen LogP contribution >= 0.6 is 0 Å². The van der Waals surface area contributed by atoms with Crippen molar-refractivity contribution >= 4 is 0 Å². The van der Waals surface area contributed by atoms with E-state index in [1.165, 1.54) is 0 Å². The summed E-state index contributed by atoms with van der Waals surface area (Å²) in [5.74, 6) is 0. The fraction of sp³-hybridized carbons (Fsp3) is 1.00. The van der Waals surface area contributed by atoms with Crippen LogP contribution in [0.15, 0.2) is 10.2 Å². The molecule has 0 heterocycles. The first-order valence-corrected chi connectivity index (χ1v) is 3.10. The summed E-state index contributed by atoms with van der Waals surface area (Å²) in [5.41, 5.74) is 15.7. The lowest BCUT2D eigenvalue weighted by molar-refractivity contribution is 0.0313. The van der Waals surface area contributed by atoms with Crippen LogP contribution in [0.1, 0.15) is 0 Å². The average molecular weight is 172 g/mol. The summed E-state index contributed by atoms with van der Waals surface area (Å²) in [5, 5.41) is 24.0. The van der Waals surface area contributed by atoms with Crippen LogP contribution in [-0.4, -0.2) is 35.5 Å². The van der Waals surface area contributed by atoms with Gasteiger partial charge in [-0.05, 0) is 11.1 Å². The number of nitrogens with zero attached hydrogens (tertiary/aromatic N) is 6. The minimum Gasteiger partial charge on any atom is -0.390 e. The van der Waals surface area contributed by atoms with Crippen LogP contribution in [-0.2, 0) is 0 Å². The van der Waals surface area contributed by atoms with Gasteiger partial charge >= 0.3 is 0 Å². The van der Waals surface area contributed by atoms with E-state index < -0.39 is 12.2 Å². The molecule has 0 saturated heterocycles. The number of azide groups is 2. The van der Waals surface area contributed by atoms with Crippen LogP contribution in [0.25, 0.3) is 20.9 Å². The second kappa shape index (κ2) is 6.26. The third-order valence-electron chi connectivity index (χ3n) is 1.11. The van der Waals surface area contributed by atoms with Crippen LogP contribution in [0.3, 0.4) is 0 Å². The molecule has 0 aromatic carbocycles. The summed E-state index contributed by atoms with van der Waals surface area (Å²) in [6, 6.07) is 0. The van der Waals surface area contributed by atoms with Crippen LogP contribution in [0.2, 0.25) is 0 Å². The molecule has 0 unspecified atom stereocenters. The molecule has 0 rings (SSSR count). The van der Waals surface area contributed by atoms with Crippen molar-refractivity contribution in [2.24, 2.45) is 10.2 Å². The van der Waals surface area contributed by atoms with Crippen LogP contribution in [0, 0.1) is 0 Å². The normalized spacial score (nSPS) is 13.8. The van der Waals surface area contributed by atoms with Gasteiger partial charge in [-0.15, -0.1) is 0 Å². The van der Waals surface area contributed by atoms with Gasteiger partial charge in [-0.2, -0.15) is 0 Å².